The zero-order valence-electron chi connectivity index (χ0n) is 15.0. The molecule has 9 atom stereocenters. The molecule has 4 fully saturated rings. The number of aliphatic hydroxyl groups is 1. The molecule has 132 valence electrons. The zero-order chi connectivity index (χ0) is 16.8. The second-order valence-corrected chi connectivity index (χ2v) is 12.3. The molecule has 0 aromatic carbocycles. The lowest BCUT2D eigenvalue weighted by molar-refractivity contribution is -0.180. The summed E-state index contributed by atoms with van der Waals surface area (Å²) in [7, 11) is 0. The van der Waals surface area contributed by atoms with Crippen molar-refractivity contribution in [2.75, 3.05) is 0 Å². The van der Waals surface area contributed by atoms with Crippen LogP contribution in [0.25, 0.3) is 0 Å². The Balaban J connectivity index is 1.78. The van der Waals surface area contributed by atoms with Gasteiger partial charge >= 0.3 is 0 Å². The first-order chi connectivity index (χ1) is 10.6. The number of hydrogen-bond donors (Lipinski definition) is 1. The molecule has 1 spiro atoms. The summed E-state index contributed by atoms with van der Waals surface area (Å²) in [4.78, 5) is 1.28. The fraction of sp³-hybridized carbons (Fsp3) is 1.00. The Labute approximate surface area is 158 Å². The van der Waals surface area contributed by atoms with Gasteiger partial charge in [0.05, 0.1) is 5.60 Å². The number of fused-ring (bicyclic) bond motifs is 3. The van der Waals surface area contributed by atoms with Crippen LogP contribution in [0.15, 0.2) is 0 Å². The van der Waals surface area contributed by atoms with Gasteiger partial charge in [-0.15, -0.1) is 0 Å². The van der Waals surface area contributed by atoms with E-state index in [1.165, 1.54) is 25.7 Å². The van der Waals surface area contributed by atoms with E-state index in [9.17, 15) is 5.11 Å². The van der Waals surface area contributed by atoms with E-state index in [0.717, 1.165) is 36.5 Å². The maximum absolute atomic E-state index is 11.4. The molecule has 4 saturated carbocycles. The lowest BCUT2D eigenvalue weighted by Crippen LogP contribution is -2.63. The Hall–Kier alpha value is 0.920. The Kier molecular flexibility index (Phi) is 3.94. The first-order valence-electron chi connectivity index (χ1n) is 9.64. The predicted molar refractivity (Wildman–Crippen MR) is 103 cm³/mol. The molecule has 0 aliphatic heterocycles. The summed E-state index contributed by atoms with van der Waals surface area (Å²) >= 11 is 8.11. The zero-order valence-corrected chi connectivity index (χ0v) is 18.2. The average molecular weight is 448 g/mol. The molecule has 1 N–H and O–H groups in total. The monoisotopic (exact) mass is 446 g/mol. The van der Waals surface area contributed by atoms with Gasteiger partial charge in [0.15, 0.2) is 0 Å². The van der Waals surface area contributed by atoms with Crippen LogP contribution in [0.1, 0.15) is 66.2 Å². The van der Waals surface area contributed by atoms with Gasteiger partial charge in [0.2, 0.25) is 0 Å². The van der Waals surface area contributed by atoms with Crippen molar-refractivity contribution in [2.24, 2.45) is 40.4 Å². The lowest BCUT2D eigenvalue weighted by Gasteiger charge is -2.64. The molecule has 1 nitrogen and oxygen atoms in total. The van der Waals surface area contributed by atoms with Gasteiger partial charge in [-0.1, -0.05) is 52.6 Å². The predicted octanol–water partition coefficient (Wildman–Crippen LogP) is 5.77. The normalized spacial score (nSPS) is 61.6. The molecule has 0 aromatic rings. The standard InChI is InChI=1S/C20H32Br2O/c1-11(2)15-16(22)12-9-13-17-18(3,7-8-20(13,15)10-12)14(21)5-6-19(17,4)23/h11-17,23H,5-10H2,1-4H3/t12-,13+,14+,15-,16+,17+,18-,19-,20-/m0/s1. The van der Waals surface area contributed by atoms with Crippen molar-refractivity contribution in [1.29, 1.82) is 0 Å². The summed E-state index contributed by atoms with van der Waals surface area (Å²) in [6, 6.07) is 0. The van der Waals surface area contributed by atoms with E-state index in [4.69, 9.17) is 0 Å². The van der Waals surface area contributed by atoms with Crippen molar-refractivity contribution in [3.8, 4) is 0 Å². The van der Waals surface area contributed by atoms with E-state index in [1.54, 1.807) is 0 Å². The molecular formula is C20H32Br2O. The SMILES string of the molecule is CC(C)[C@H]1[C@H](Br)[C@H]2C[C@@H]3[C@@H]4[C@@](C)(CC[C@]31C2)[C@H](Br)CC[C@]4(C)O. The summed E-state index contributed by atoms with van der Waals surface area (Å²) in [5.74, 6) is 3.56. The molecular weight excluding hydrogens is 416 g/mol. The molecule has 4 rings (SSSR count). The van der Waals surface area contributed by atoms with Crippen molar-refractivity contribution in [1.82, 2.24) is 0 Å². The molecule has 23 heavy (non-hydrogen) atoms. The van der Waals surface area contributed by atoms with Crippen molar-refractivity contribution in [3.63, 3.8) is 0 Å². The van der Waals surface area contributed by atoms with E-state index in [1.807, 2.05) is 0 Å². The summed E-state index contributed by atoms with van der Waals surface area (Å²) < 4.78 is 0. The Morgan fingerprint density at radius 3 is 2.43 bits per heavy atom. The minimum atomic E-state index is -0.481. The van der Waals surface area contributed by atoms with Gasteiger partial charge in [0.25, 0.3) is 0 Å². The molecule has 3 heteroatoms. The van der Waals surface area contributed by atoms with E-state index >= 15 is 0 Å². The summed E-state index contributed by atoms with van der Waals surface area (Å²) in [5.41, 5.74) is 0.279. The second-order valence-electron chi connectivity index (χ2n) is 10.1. The van der Waals surface area contributed by atoms with Crippen LogP contribution in [0.2, 0.25) is 0 Å². The van der Waals surface area contributed by atoms with Crippen LogP contribution in [0, 0.1) is 40.4 Å². The highest BCUT2D eigenvalue weighted by Crippen LogP contribution is 2.75. The quantitative estimate of drug-likeness (QED) is 0.505. The minimum Gasteiger partial charge on any atom is -0.390 e. The third kappa shape index (κ3) is 2.11. The van der Waals surface area contributed by atoms with Crippen molar-refractivity contribution in [2.45, 2.75) is 81.5 Å². The van der Waals surface area contributed by atoms with Crippen molar-refractivity contribution in [3.05, 3.63) is 0 Å². The molecule has 0 amide bonds. The maximum atomic E-state index is 11.4. The largest absolute Gasteiger partial charge is 0.390 e. The van der Waals surface area contributed by atoms with E-state index in [-0.39, 0.29) is 5.41 Å². The van der Waals surface area contributed by atoms with E-state index in [2.05, 4.69) is 59.6 Å². The van der Waals surface area contributed by atoms with Crippen LogP contribution in [-0.2, 0) is 0 Å². The van der Waals surface area contributed by atoms with Crippen LogP contribution in [0.5, 0.6) is 0 Å². The molecule has 0 aromatic heterocycles. The first-order valence-corrected chi connectivity index (χ1v) is 11.5. The van der Waals surface area contributed by atoms with Gasteiger partial charge in [0, 0.05) is 9.65 Å². The highest BCUT2D eigenvalue weighted by Gasteiger charge is 2.71. The second kappa shape index (κ2) is 5.22. The van der Waals surface area contributed by atoms with Crippen molar-refractivity contribution < 1.29 is 5.11 Å². The molecule has 4 aliphatic rings. The minimum absolute atomic E-state index is 0.269. The van der Waals surface area contributed by atoms with E-state index < -0.39 is 5.60 Å². The third-order valence-electron chi connectivity index (χ3n) is 8.64. The van der Waals surface area contributed by atoms with Gasteiger partial charge in [-0.25, -0.2) is 0 Å². The third-order valence-corrected chi connectivity index (χ3v) is 11.5. The Morgan fingerprint density at radius 2 is 1.78 bits per heavy atom. The smallest absolute Gasteiger partial charge is 0.0656 e. The van der Waals surface area contributed by atoms with Crippen LogP contribution in [-0.4, -0.2) is 20.4 Å². The van der Waals surface area contributed by atoms with Crippen LogP contribution in [0.4, 0.5) is 0 Å². The van der Waals surface area contributed by atoms with Gasteiger partial charge in [-0.2, -0.15) is 0 Å². The molecule has 4 aliphatic carbocycles. The highest BCUT2D eigenvalue weighted by atomic mass is 79.9. The highest BCUT2D eigenvalue weighted by molar-refractivity contribution is 9.09. The van der Waals surface area contributed by atoms with Gasteiger partial charge < -0.3 is 5.11 Å². The van der Waals surface area contributed by atoms with Crippen molar-refractivity contribution >= 4 is 31.9 Å². The topological polar surface area (TPSA) is 20.2 Å². The van der Waals surface area contributed by atoms with Gasteiger partial charge in [-0.05, 0) is 85.9 Å². The summed E-state index contributed by atoms with van der Waals surface area (Å²) in [6.07, 6.45) is 7.50. The molecule has 0 saturated heterocycles. The van der Waals surface area contributed by atoms with Crippen LogP contribution < -0.4 is 0 Å². The molecule has 0 heterocycles. The van der Waals surface area contributed by atoms with Crippen LogP contribution >= 0.6 is 31.9 Å². The Morgan fingerprint density at radius 1 is 1.09 bits per heavy atom. The lowest BCUT2D eigenvalue weighted by atomic mass is 9.43. The van der Waals surface area contributed by atoms with Gasteiger partial charge in [0.1, 0.15) is 0 Å². The van der Waals surface area contributed by atoms with Gasteiger partial charge in [-0.3, -0.25) is 0 Å². The average Bonchev–Trinajstić information content (AvgIpc) is 2.95. The number of hydrogen-bond acceptors (Lipinski definition) is 1. The molecule has 0 unspecified atom stereocenters. The van der Waals surface area contributed by atoms with E-state index in [0.29, 0.717) is 21.0 Å². The fourth-order valence-electron chi connectivity index (χ4n) is 7.99. The van der Waals surface area contributed by atoms with Crippen LogP contribution in [0.3, 0.4) is 0 Å². The fourth-order valence-corrected chi connectivity index (χ4v) is 10.3. The number of halogens is 2. The summed E-state index contributed by atoms with van der Waals surface area (Å²) in [5, 5.41) is 11.4. The first kappa shape index (κ1) is 17.3. The number of rotatable bonds is 1. The maximum Gasteiger partial charge on any atom is 0.0656 e. The molecule has 2 bridgehead atoms. The number of alkyl halides is 2. The summed E-state index contributed by atoms with van der Waals surface area (Å²) in [6.45, 7) is 9.46. The molecule has 0 radical (unpaired) electrons. The Bertz CT molecular complexity index is 504.